The maximum Gasteiger partial charge on any atom is 0.225 e. The summed E-state index contributed by atoms with van der Waals surface area (Å²) < 4.78 is 11.6. The van der Waals surface area contributed by atoms with Crippen LogP contribution in [0.15, 0.2) is 41.3 Å². The first kappa shape index (κ1) is 22.3. The van der Waals surface area contributed by atoms with Crippen LogP contribution < -0.4 is 14.4 Å². The van der Waals surface area contributed by atoms with Crippen LogP contribution in [-0.4, -0.2) is 48.9 Å². The molecule has 2 unspecified atom stereocenters. The molecule has 8 heteroatoms. The molecule has 2 aromatic rings. The van der Waals surface area contributed by atoms with Crippen molar-refractivity contribution in [1.82, 2.24) is 4.90 Å². The van der Waals surface area contributed by atoms with Gasteiger partial charge in [0, 0.05) is 35.5 Å². The number of hydrogen-bond acceptors (Lipinski definition) is 6. The fraction of sp³-hybridized carbons (Fsp3) is 0.435. The van der Waals surface area contributed by atoms with E-state index in [-0.39, 0.29) is 17.5 Å². The summed E-state index contributed by atoms with van der Waals surface area (Å²) in [5.41, 5.74) is 1.73. The summed E-state index contributed by atoms with van der Waals surface area (Å²) in [5, 5.41) is 10.3. The van der Waals surface area contributed by atoms with Gasteiger partial charge in [-0.05, 0) is 55.7 Å². The van der Waals surface area contributed by atoms with E-state index < -0.39 is 0 Å². The standard InChI is InChI=1S/C23H27ClN2O4S/c1-15(27)26-19-8-6-16(24)13-21(19)31-23(26)18-14-17(29-2)7-9-20(18)30-12-4-11-25-10-3-5-22(25)28/h6-9,13-14,22-23,28H,3-5,10-12H2,1-2H3. The Balaban J connectivity index is 1.54. The molecule has 2 aromatic carbocycles. The van der Waals surface area contributed by atoms with Gasteiger partial charge < -0.3 is 14.6 Å². The number of hydrogen-bond donors (Lipinski definition) is 1. The Morgan fingerprint density at radius 3 is 2.84 bits per heavy atom. The normalized spacial score (nSPS) is 20.7. The van der Waals surface area contributed by atoms with E-state index in [1.54, 1.807) is 36.8 Å². The number of benzene rings is 2. The van der Waals surface area contributed by atoms with Gasteiger partial charge >= 0.3 is 0 Å². The summed E-state index contributed by atoms with van der Waals surface area (Å²) >= 11 is 7.77. The van der Waals surface area contributed by atoms with Gasteiger partial charge in [-0.25, -0.2) is 0 Å². The van der Waals surface area contributed by atoms with Crippen LogP contribution in [0.2, 0.25) is 5.02 Å². The fourth-order valence-electron chi connectivity index (χ4n) is 4.12. The number of rotatable bonds is 7. The zero-order valence-corrected chi connectivity index (χ0v) is 19.3. The molecule has 0 bridgehead atoms. The number of ether oxygens (including phenoxy) is 2. The summed E-state index contributed by atoms with van der Waals surface area (Å²) in [6, 6.07) is 11.3. The second kappa shape index (κ2) is 9.69. The quantitative estimate of drug-likeness (QED) is 0.602. The predicted octanol–water partition coefficient (Wildman–Crippen LogP) is 4.69. The molecular formula is C23H27ClN2O4S. The van der Waals surface area contributed by atoms with Crippen molar-refractivity contribution < 1.29 is 19.4 Å². The molecule has 0 aliphatic carbocycles. The van der Waals surface area contributed by atoms with Crippen LogP contribution in [0.4, 0.5) is 5.69 Å². The molecule has 2 aliphatic heterocycles. The first-order valence-electron chi connectivity index (χ1n) is 10.5. The Morgan fingerprint density at radius 1 is 1.29 bits per heavy atom. The van der Waals surface area contributed by atoms with Crippen molar-refractivity contribution in [2.24, 2.45) is 0 Å². The number of carbonyl (C=O) groups is 1. The number of aliphatic hydroxyl groups excluding tert-OH is 1. The highest BCUT2D eigenvalue weighted by Gasteiger charge is 2.36. The average Bonchev–Trinajstić information content (AvgIpc) is 3.34. The van der Waals surface area contributed by atoms with Crippen molar-refractivity contribution in [1.29, 1.82) is 0 Å². The lowest BCUT2D eigenvalue weighted by Gasteiger charge is -2.26. The number of fused-ring (bicyclic) bond motifs is 1. The van der Waals surface area contributed by atoms with Crippen LogP contribution in [0, 0.1) is 0 Å². The molecule has 31 heavy (non-hydrogen) atoms. The molecule has 6 nitrogen and oxygen atoms in total. The van der Waals surface area contributed by atoms with E-state index in [1.165, 1.54) is 0 Å². The lowest BCUT2D eigenvalue weighted by atomic mass is 10.1. The van der Waals surface area contributed by atoms with E-state index in [1.807, 2.05) is 30.3 Å². The van der Waals surface area contributed by atoms with Crippen molar-refractivity contribution in [2.75, 3.05) is 31.7 Å². The van der Waals surface area contributed by atoms with Gasteiger partial charge in [0.1, 0.15) is 23.1 Å². The van der Waals surface area contributed by atoms with E-state index in [4.69, 9.17) is 21.1 Å². The van der Waals surface area contributed by atoms with Crippen molar-refractivity contribution in [3.63, 3.8) is 0 Å². The zero-order valence-electron chi connectivity index (χ0n) is 17.7. The van der Waals surface area contributed by atoms with Gasteiger partial charge in [0.05, 0.1) is 19.4 Å². The average molecular weight is 463 g/mol. The summed E-state index contributed by atoms with van der Waals surface area (Å²) in [6.07, 6.45) is 2.36. The molecule has 2 aliphatic rings. The fourth-order valence-corrected chi connectivity index (χ4v) is 5.75. The predicted molar refractivity (Wildman–Crippen MR) is 123 cm³/mol. The number of likely N-dealkylation sites (tertiary alicyclic amines) is 1. The topological polar surface area (TPSA) is 62.2 Å². The molecule has 1 amide bonds. The van der Waals surface area contributed by atoms with Crippen molar-refractivity contribution in [3.05, 3.63) is 47.0 Å². The van der Waals surface area contributed by atoms with Gasteiger partial charge in [0.15, 0.2) is 0 Å². The number of nitrogens with zero attached hydrogens (tertiary/aromatic N) is 2. The number of methoxy groups -OCH3 is 1. The highest BCUT2D eigenvalue weighted by atomic mass is 35.5. The Kier molecular flexibility index (Phi) is 6.96. The molecule has 1 N–H and O–H groups in total. The molecule has 2 heterocycles. The van der Waals surface area contributed by atoms with E-state index in [9.17, 15) is 9.90 Å². The molecule has 2 atom stereocenters. The second-order valence-corrected chi connectivity index (χ2v) is 9.29. The number of anilines is 1. The van der Waals surface area contributed by atoms with Crippen LogP contribution in [0.25, 0.3) is 0 Å². The summed E-state index contributed by atoms with van der Waals surface area (Å²) in [4.78, 5) is 17.4. The van der Waals surface area contributed by atoms with Gasteiger partial charge in [-0.2, -0.15) is 0 Å². The van der Waals surface area contributed by atoms with Gasteiger partial charge in [-0.3, -0.25) is 14.6 Å². The van der Waals surface area contributed by atoms with Crippen LogP contribution in [-0.2, 0) is 4.79 Å². The summed E-state index contributed by atoms with van der Waals surface area (Å²) in [5.74, 6) is 1.39. The smallest absolute Gasteiger partial charge is 0.225 e. The molecule has 166 valence electrons. The third-order valence-corrected chi connectivity index (χ3v) is 7.16. The molecule has 0 radical (unpaired) electrons. The number of thioether (sulfide) groups is 1. The lowest BCUT2D eigenvalue weighted by molar-refractivity contribution is -0.116. The number of halogens is 1. The Bertz CT molecular complexity index is 957. The highest BCUT2D eigenvalue weighted by Crippen LogP contribution is 2.54. The minimum absolute atomic E-state index is 0.0460. The number of aliphatic hydroxyl groups is 1. The number of carbonyl (C=O) groups excluding carboxylic acids is 1. The third kappa shape index (κ3) is 4.80. The van der Waals surface area contributed by atoms with Crippen molar-refractivity contribution in [2.45, 2.75) is 42.7 Å². The molecule has 4 rings (SSSR count). The van der Waals surface area contributed by atoms with Gasteiger partial charge in [-0.1, -0.05) is 23.4 Å². The molecular weight excluding hydrogens is 436 g/mol. The Morgan fingerprint density at radius 2 is 2.13 bits per heavy atom. The summed E-state index contributed by atoms with van der Waals surface area (Å²) in [6.45, 7) is 3.83. The van der Waals surface area contributed by atoms with Gasteiger partial charge in [-0.15, -0.1) is 0 Å². The van der Waals surface area contributed by atoms with Crippen LogP contribution in [0.1, 0.15) is 37.1 Å². The van der Waals surface area contributed by atoms with Crippen molar-refractivity contribution in [3.8, 4) is 11.5 Å². The largest absolute Gasteiger partial charge is 0.497 e. The Hall–Kier alpha value is -1.93. The minimum Gasteiger partial charge on any atom is -0.497 e. The van der Waals surface area contributed by atoms with Gasteiger partial charge in [0.2, 0.25) is 5.91 Å². The van der Waals surface area contributed by atoms with E-state index in [2.05, 4.69) is 4.90 Å². The summed E-state index contributed by atoms with van der Waals surface area (Å²) in [7, 11) is 1.63. The zero-order chi connectivity index (χ0) is 22.0. The molecule has 0 aromatic heterocycles. The molecule has 0 spiro atoms. The molecule has 0 saturated carbocycles. The van der Waals surface area contributed by atoms with Gasteiger partial charge in [0.25, 0.3) is 0 Å². The SMILES string of the molecule is COc1ccc(OCCCN2CCCC2O)c(C2Sc3cc(Cl)ccc3N2C(C)=O)c1. The van der Waals surface area contributed by atoms with Crippen LogP contribution in [0.3, 0.4) is 0 Å². The van der Waals surface area contributed by atoms with Crippen LogP contribution in [0.5, 0.6) is 11.5 Å². The molecule has 1 fully saturated rings. The maximum absolute atomic E-state index is 12.6. The highest BCUT2D eigenvalue weighted by molar-refractivity contribution is 8.00. The maximum atomic E-state index is 12.6. The monoisotopic (exact) mass is 462 g/mol. The van der Waals surface area contributed by atoms with E-state index >= 15 is 0 Å². The minimum atomic E-state index is -0.333. The molecule has 1 saturated heterocycles. The lowest BCUT2D eigenvalue weighted by Crippen LogP contribution is -2.30. The van der Waals surface area contributed by atoms with E-state index in [0.717, 1.165) is 54.2 Å². The second-order valence-electron chi connectivity index (χ2n) is 7.74. The third-order valence-electron chi connectivity index (χ3n) is 5.65. The Labute approximate surface area is 192 Å². The van der Waals surface area contributed by atoms with E-state index in [0.29, 0.717) is 17.4 Å². The number of amides is 1. The van der Waals surface area contributed by atoms with Crippen LogP contribution >= 0.6 is 23.4 Å². The first-order chi connectivity index (χ1) is 15.0. The first-order valence-corrected chi connectivity index (χ1v) is 11.7. The van der Waals surface area contributed by atoms with Crippen molar-refractivity contribution >= 4 is 35.0 Å².